The molecule has 1 heterocycles. The summed E-state index contributed by atoms with van der Waals surface area (Å²) in [7, 11) is 1.31. The summed E-state index contributed by atoms with van der Waals surface area (Å²) in [6.45, 7) is 0. The van der Waals surface area contributed by atoms with E-state index in [0.717, 1.165) is 24.3 Å². The topological polar surface area (TPSA) is 43.4 Å². The smallest absolute Gasteiger partial charge is 0.313 e. The van der Waals surface area contributed by atoms with Crippen LogP contribution in [-0.2, 0) is 14.3 Å². The first-order valence-electron chi connectivity index (χ1n) is 4.41. The van der Waals surface area contributed by atoms with Gasteiger partial charge in [-0.1, -0.05) is 0 Å². The summed E-state index contributed by atoms with van der Waals surface area (Å²) < 4.78 is 4.45. The highest BCUT2D eigenvalue weighted by Gasteiger charge is 2.23. The number of methoxy groups -OCH3 is 1. The fourth-order valence-electron chi connectivity index (χ4n) is 1.35. The molecule has 1 unspecified atom stereocenters. The second-order valence-corrected chi connectivity index (χ2v) is 4.28. The number of carbonyl (C=O) groups is 2. The van der Waals surface area contributed by atoms with Gasteiger partial charge in [-0.15, -0.1) is 0 Å². The molecule has 1 aliphatic rings. The molecule has 4 heteroatoms. The largest absolute Gasteiger partial charge is 0.469 e. The minimum Gasteiger partial charge on any atom is -0.469 e. The van der Waals surface area contributed by atoms with Gasteiger partial charge in [0.25, 0.3) is 0 Å². The van der Waals surface area contributed by atoms with Gasteiger partial charge < -0.3 is 4.74 Å². The molecule has 0 aromatic heterocycles. The lowest BCUT2D eigenvalue weighted by Gasteiger charge is -2.19. The van der Waals surface area contributed by atoms with Gasteiger partial charge in [0.2, 0.25) is 0 Å². The lowest BCUT2D eigenvalue weighted by atomic mass is 9.98. The zero-order chi connectivity index (χ0) is 9.68. The molecular formula is C9H14O3S. The van der Waals surface area contributed by atoms with Gasteiger partial charge in [0, 0.05) is 11.7 Å². The quantitative estimate of drug-likeness (QED) is 0.510. The number of carbonyl (C=O) groups excluding carboxylic acids is 2. The summed E-state index contributed by atoms with van der Waals surface area (Å²) in [5.41, 5.74) is 0. The van der Waals surface area contributed by atoms with Crippen LogP contribution in [-0.4, -0.2) is 30.4 Å². The second kappa shape index (κ2) is 5.27. The van der Waals surface area contributed by atoms with Crippen molar-refractivity contribution in [1.29, 1.82) is 0 Å². The van der Waals surface area contributed by atoms with E-state index in [1.54, 1.807) is 11.8 Å². The lowest BCUT2D eigenvalue weighted by Crippen LogP contribution is -2.23. The molecule has 0 aliphatic carbocycles. The number of Topliss-reactive ketones (excluding diaryl/α,β-unsaturated/α-hetero) is 1. The molecule has 0 spiro atoms. The third-order valence-electron chi connectivity index (χ3n) is 2.16. The molecule has 0 aromatic carbocycles. The maximum atomic E-state index is 11.5. The number of thioether (sulfide) groups is 1. The Morgan fingerprint density at radius 1 is 1.54 bits per heavy atom. The lowest BCUT2D eigenvalue weighted by molar-refractivity contribution is -0.144. The average Bonchev–Trinajstić information content (AvgIpc) is 2.19. The molecule has 0 amide bonds. The molecular weight excluding hydrogens is 188 g/mol. The van der Waals surface area contributed by atoms with Gasteiger partial charge >= 0.3 is 5.97 Å². The van der Waals surface area contributed by atoms with Crippen molar-refractivity contribution in [2.75, 3.05) is 18.6 Å². The molecule has 0 bridgehead atoms. The van der Waals surface area contributed by atoms with E-state index < -0.39 is 5.97 Å². The van der Waals surface area contributed by atoms with E-state index in [1.807, 2.05) is 0 Å². The van der Waals surface area contributed by atoms with Crippen molar-refractivity contribution in [3.63, 3.8) is 0 Å². The van der Waals surface area contributed by atoms with Crippen LogP contribution in [0.3, 0.4) is 0 Å². The predicted molar refractivity (Wildman–Crippen MR) is 51.7 cm³/mol. The van der Waals surface area contributed by atoms with Crippen LogP contribution in [0.25, 0.3) is 0 Å². The Morgan fingerprint density at radius 3 is 2.85 bits per heavy atom. The van der Waals surface area contributed by atoms with E-state index in [9.17, 15) is 9.59 Å². The first kappa shape index (κ1) is 10.6. The van der Waals surface area contributed by atoms with Crippen molar-refractivity contribution < 1.29 is 14.3 Å². The van der Waals surface area contributed by atoms with Crippen LogP contribution in [0.1, 0.15) is 19.3 Å². The van der Waals surface area contributed by atoms with Gasteiger partial charge in [0.05, 0.1) is 7.11 Å². The summed E-state index contributed by atoms with van der Waals surface area (Å²) in [5.74, 6) is 1.72. The number of ketones is 1. The van der Waals surface area contributed by atoms with Gasteiger partial charge in [-0.3, -0.25) is 9.59 Å². The minimum atomic E-state index is -0.416. The predicted octanol–water partition coefficient (Wildman–Crippen LogP) is 1.26. The Morgan fingerprint density at radius 2 is 2.31 bits per heavy atom. The van der Waals surface area contributed by atoms with E-state index >= 15 is 0 Å². The maximum Gasteiger partial charge on any atom is 0.313 e. The zero-order valence-corrected chi connectivity index (χ0v) is 8.56. The van der Waals surface area contributed by atoms with Crippen LogP contribution in [0.4, 0.5) is 0 Å². The molecule has 1 rings (SSSR count). The number of hydrogen-bond acceptors (Lipinski definition) is 4. The van der Waals surface area contributed by atoms with Crippen LogP contribution >= 0.6 is 11.8 Å². The van der Waals surface area contributed by atoms with Crippen molar-refractivity contribution >= 4 is 23.5 Å². The molecule has 0 N–H and O–H groups in total. The molecule has 13 heavy (non-hydrogen) atoms. The molecule has 3 nitrogen and oxygen atoms in total. The Hall–Kier alpha value is -0.510. The first-order chi connectivity index (χ1) is 6.24. The van der Waals surface area contributed by atoms with Crippen molar-refractivity contribution in [2.24, 2.45) is 5.92 Å². The van der Waals surface area contributed by atoms with Crippen LogP contribution in [0.2, 0.25) is 0 Å². The highest BCUT2D eigenvalue weighted by molar-refractivity contribution is 7.99. The van der Waals surface area contributed by atoms with Crippen molar-refractivity contribution in [3.05, 3.63) is 0 Å². The number of rotatable bonds is 3. The van der Waals surface area contributed by atoms with Crippen LogP contribution in [0.15, 0.2) is 0 Å². The van der Waals surface area contributed by atoms with Gasteiger partial charge in [-0.25, -0.2) is 0 Å². The molecule has 1 aliphatic heterocycles. The molecule has 1 saturated heterocycles. The summed E-state index contributed by atoms with van der Waals surface area (Å²) >= 11 is 1.79. The summed E-state index contributed by atoms with van der Waals surface area (Å²) in [4.78, 5) is 22.3. The van der Waals surface area contributed by atoms with E-state index in [0.29, 0.717) is 0 Å². The fraction of sp³-hybridized carbons (Fsp3) is 0.778. The Kier molecular flexibility index (Phi) is 4.28. The van der Waals surface area contributed by atoms with Crippen LogP contribution in [0, 0.1) is 5.92 Å². The van der Waals surface area contributed by atoms with Crippen molar-refractivity contribution in [3.8, 4) is 0 Å². The SMILES string of the molecule is COC(=O)CC(=O)C1CCCSC1. The molecule has 0 saturated carbocycles. The van der Waals surface area contributed by atoms with E-state index in [2.05, 4.69) is 4.74 Å². The molecule has 1 atom stereocenters. The highest BCUT2D eigenvalue weighted by Crippen LogP contribution is 2.24. The number of hydrogen-bond donors (Lipinski definition) is 0. The first-order valence-corrected chi connectivity index (χ1v) is 5.56. The Bertz CT molecular complexity index is 197. The van der Waals surface area contributed by atoms with Crippen LogP contribution < -0.4 is 0 Å². The van der Waals surface area contributed by atoms with Gasteiger partial charge in [0.15, 0.2) is 0 Å². The summed E-state index contributed by atoms with van der Waals surface area (Å²) in [6.07, 6.45) is 1.97. The highest BCUT2D eigenvalue weighted by atomic mass is 32.2. The van der Waals surface area contributed by atoms with E-state index in [4.69, 9.17) is 0 Å². The van der Waals surface area contributed by atoms with Gasteiger partial charge in [0.1, 0.15) is 12.2 Å². The summed E-state index contributed by atoms with van der Waals surface area (Å²) in [5, 5.41) is 0. The standard InChI is InChI=1S/C9H14O3S/c1-12-9(11)5-8(10)7-3-2-4-13-6-7/h7H,2-6H2,1H3. The molecule has 0 radical (unpaired) electrons. The van der Waals surface area contributed by atoms with Crippen molar-refractivity contribution in [1.82, 2.24) is 0 Å². The Balaban J connectivity index is 2.33. The molecule has 0 aromatic rings. The van der Waals surface area contributed by atoms with E-state index in [-0.39, 0.29) is 18.1 Å². The normalized spacial score (nSPS) is 22.4. The van der Waals surface area contributed by atoms with Crippen molar-refractivity contribution in [2.45, 2.75) is 19.3 Å². The third kappa shape index (κ3) is 3.38. The number of esters is 1. The number of ether oxygens (including phenoxy) is 1. The molecule has 1 fully saturated rings. The zero-order valence-electron chi connectivity index (χ0n) is 7.75. The third-order valence-corrected chi connectivity index (χ3v) is 3.38. The fourth-order valence-corrected chi connectivity index (χ4v) is 2.53. The maximum absolute atomic E-state index is 11.5. The molecule has 74 valence electrons. The van der Waals surface area contributed by atoms with E-state index in [1.165, 1.54) is 7.11 Å². The van der Waals surface area contributed by atoms with Gasteiger partial charge in [-0.2, -0.15) is 11.8 Å². The minimum absolute atomic E-state index is 0.0408. The average molecular weight is 202 g/mol. The monoisotopic (exact) mass is 202 g/mol. The Labute approximate surface area is 82.2 Å². The summed E-state index contributed by atoms with van der Waals surface area (Å²) in [6, 6.07) is 0. The second-order valence-electron chi connectivity index (χ2n) is 3.13. The van der Waals surface area contributed by atoms with Gasteiger partial charge in [-0.05, 0) is 18.6 Å². The van der Waals surface area contributed by atoms with Crippen LogP contribution in [0.5, 0.6) is 0 Å².